The zero-order valence-corrected chi connectivity index (χ0v) is 8.82. The molecule has 1 aliphatic rings. The third-order valence-electron chi connectivity index (χ3n) is 2.28. The first kappa shape index (κ1) is 8.54. The number of halogens is 2. The number of benzene rings is 1. The Morgan fingerprint density at radius 1 is 1.50 bits per heavy atom. The van der Waals surface area contributed by atoms with Gasteiger partial charge in [0, 0.05) is 15.5 Å². The van der Waals surface area contributed by atoms with Crippen LogP contribution < -0.4 is 5.73 Å². The SMILES string of the molecule is N[C@H]1CCc2cc(Cl)cc(Br)c21. The minimum Gasteiger partial charge on any atom is -0.324 e. The summed E-state index contributed by atoms with van der Waals surface area (Å²) in [4.78, 5) is 0. The van der Waals surface area contributed by atoms with Crippen LogP contribution in [0.2, 0.25) is 5.02 Å². The van der Waals surface area contributed by atoms with E-state index in [2.05, 4.69) is 15.9 Å². The molecule has 2 rings (SSSR count). The van der Waals surface area contributed by atoms with Gasteiger partial charge in [0.1, 0.15) is 0 Å². The second kappa shape index (κ2) is 3.02. The number of nitrogens with two attached hydrogens (primary N) is 1. The van der Waals surface area contributed by atoms with Crippen LogP contribution in [0.15, 0.2) is 16.6 Å². The number of aryl methyl sites for hydroxylation is 1. The number of hydrogen-bond donors (Lipinski definition) is 1. The maximum atomic E-state index is 5.92. The highest BCUT2D eigenvalue weighted by Gasteiger charge is 2.21. The lowest BCUT2D eigenvalue weighted by Gasteiger charge is -2.07. The second-order valence-corrected chi connectivity index (χ2v) is 4.40. The monoisotopic (exact) mass is 245 g/mol. The molecule has 0 amide bonds. The van der Waals surface area contributed by atoms with Gasteiger partial charge in [-0.2, -0.15) is 0 Å². The normalized spacial score (nSPS) is 21.1. The van der Waals surface area contributed by atoms with Crippen LogP contribution in [0.1, 0.15) is 23.6 Å². The third kappa shape index (κ3) is 1.28. The van der Waals surface area contributed by atoms with Crippen LogP contribution in [0.3, 0.4) is 0 Å². The van der Waals surface area contributed by atoms with Crippen molar-refractivity contribution in [3.8, 4) is 0 Å². The Kier molecular flexibility index (Phi) is 2.15. The van der Waals surface area contributed by atoms with Gasteiger partial charge in [-0.15, -0.1) is 0 Å². The summed E-state index contributed by atoms with van der Waals surface area (Å²) in [5.74, 6) is 0. The van der Waals surface area contributed by atoms with Crippen LogP contribution in [-0.4, -0.2) is 0 Å². The van der Waals surface area contributed by atoms with Crippen molar-refractivity contribution in [1.29, 1.82) is 0 Å². The Morgan fingerprint density at radius 2 is 2.25 bits per heavy atom. The zero-order chi connectivity index (χ0) is 8.72. The number of fused-ring (bicyclic) bond motifs is 1. The van der Waals surface area contributed by atoms with Gasteiger partial charge >= 0.3 is 0 Å². The fourth-order valence-electron chi connectivity index (χ4n) is 1.72. The maximum absolute atomic E-state index is 5.92. The van der Waals surface area contributed by atoms with Gasteiger partial charge in [0.15, 0.2) is 0 Å². The summed E-state index contributed by atoms with van der Waals surface area (Å²) in [6.07, 6.45) is 2.09. The van der Waals surface area contributed by atoms with Crippen molar-refractivity contribution in [3.63, 3.8) is 0 Å². The van der Waals surface area contributed by atoms with Gasteiger partial charge < -0.3 is 5.73 Å². The van der Waals surface area contributed by atoms with Gasteiger partial charge in [0.05, 0.1) is 0 Å². The van der Waals surface area contributed by atoms with E-state index in [4.69, 9.17) is 17.3 Å². The molecule has 3 heteroatoms. The van der Waals surface area contributed by atoms with Gasteiger partial charge in [0.2, 0.25) is 0 Å². The Balaban J connectivity index is 2.60. The van der Waals surface area contributed by atoms with Crippen molar-refractivity contribution >= 4 is 27.5 Å². The van der Waals surface area contributed by atoms with E-state index in [0.29, 0.717) is 0 Å². The first-order chi connectivity index (χ1) is 5.68. The molecule has 2 N–H and O–H groups in total. The van der Waals surface area contributed by atoms with Crippen LogP contribution in [0.4, 0.5) is 0 Å². The molecule has 0 unspecified atom stereocenters. The third-order valence-corrected chi connectivity index (χ3v) is 3.15. The molecule has 0 radical (unpaired) electrons. The highest BCUT2D eigenvalue weighted by molar-refractivity contribution is 9.10. The number of hydrogen-bond acceptors (Lipinski definition) is 1. The average Bonchev–Trinajstić information content (AvgIpc) is 2.31. The molecule has 0 fully saturated rings. The molecule has 0 bridgehead atoms. The zero-order valence-electron chi connectivity index (χ0n) is 6.48. The average molecular weight is 247 g/mol. The summed E-state index contributed by atoms with van der Waals surface area (Å²) in [5.41, 5.74) is 8.45. The highest BCUT2D eigenvalue weighted by atomic mass is 79.9. The molecular formula is C9H9BrClN. The van der Waals surface area contributed by atoms with Crippen LogP contribution in [0, 0.1) is 0 Å². The summed E-state index contributed by atoms with van der Waals surface area (Å²) in [6.45, 7) is 0. The van der Waals surface area contributed by atoms with Crippen molar-refractivity contribution in [2.24, 2.45) is 5.73 Å². The molecule has 1 aromatic carbocycles. The van der Waals surface area contributed by atoms with E-state index in [-0.39, 0.29) is 6.04 Å². The molecule has 1 atom stereocenters. The van der Waals surface area contributed by atoms with E-state index in [1.807, 2.05) is 12.1 Å². The lowest BCUT2D eigenvalue weighted by atomic mass is 10.1. The molecule has 12 heavy (non-hydrogen) atoms. The molecule has 1 aromatic rings. The molecule has 0 spiro atoms. The molecule has 1 nitrogen and oxygen atoms in total. The maximum Gasteiger partial charge on any atom is 0.0420 e. The predicted molar refractivity (Wildman–Crippen MR) is 54.4 cm³/mol. The van der Waals surface area contributed by atoms with Crippen molar-refractivity contribution in [3.05, 3.63) is 32.8 Å². The van der Waals surface area contributed by atoms with E-state index in [0.717, 1.165) is 22.3 Å². The molecule has 1 aliphatic carbocycles. The number of rotatable bonds is 0. The molecule has 0 aromatic heterocycles. The van der Waals surface area contributed by atoms with E-state index in [1.165, 1.54) is 11.1 Å². The molecule has 0 saturated carbocycles. The van der Waals surface area contributed by atoms with Crippen LogP contribution in [0.5, 0.6) is 0 Å². The quantitative estimate of drug-likeness (QED) is 0.748. The largest absolute Gasteiger partial charge is 0.324 e. The first-order valence-electron chi connectivity index (χ1n) is 3.92. The molecule has 0 heterocycles. The summed E-state index contributed by atoms with van der Waals surface area (Å²) >= 11 is 9.38. The van der Waals surface area contributed by atoms with Gasteiger partial charge in [-0.3, -0.25) is 0 Å². The first-order valence-corrected chi connectivity index (χ1v) is 5.09. The Morgan fingerprint density at radius 3 is 3.00 bits per heavy atom. The fourth-order valence-corrected chi connectivity index (χ4v) is 2.88. The van der Waals surface area contributed by atoms with E-state index >= 15 is 0 Å². The van der Waals surface area contributed by atoms with Crippen molar-refractivity contribution in [2.75, 3.05) is 0 Å². The summed E-state index contributed by atoms with van der Waals surface area (Å²) < 4.78 is 1.05. The van der Waals surface area contributed by atoms with Crippen LogP contribution >= 0.6 is 27.5 Å². The minimum atomic E-state index is 0.187. The summed E-state index contributed by atoms with van der Waals surface area (Å²) in [7, 11) is 0. The molecule has 0 saturated heterocycles. The van der Waals surface area contributed by atoms with Gasteiger partial charge in [-0.05, 0) is 36.1 Å². The van der Waals surface area contributed by atoms with Crippen molar-refractivity contribution < 1.29 is 0 Å². The lowest BCUT2D eigenvalue weighted by molar-refractivity contribution is 0.711. The van der Waals surface area contributed by atoms with Crippen molar-refractivity contribution in [1.82, 2.24) is 0 Å². The van der Waals surface area contributed by atoms with Crippen molar-refractivity contribution in [2.45, 2.75) is 18.9 Å². The standard InChI is InChI=1S/C9H9BrClN/c10-7-4-6(11)3-5-1-2-8(12)9(5)7/h3-4,8H,1-2,12H2/t8-/m0/s1. The van der Waals surface area contributed by atoms with Crippen LogP contribution in [-0.2, 0) is 6.42 Å². The predicted octanol–water partition coefficient (Wildman–Crippen LogP) is 3.05. The van der Waals surface area contributed by atoms with Gasteiger partial charge in [-0.25, -0.2) is 0 Å². The van der Waals surface area contributed by atoms with Gasteiger partial charge in [-0.1, -0.05) is 27.5 Å². The highest BCUT2D eigenvalue weighted by Crippen LogP contribution is 2.36. The molecule has 0 aliphatic heterocycles. The Bertz CT molecular complexity index is 325. The second-order valence-electron chi connectivity index (χ2n) is 3.11. The molecular weight excluding hydrogens is 237 g/mol. The smallest absolute Gasteiger partial charge is 0.0420 e. The van der Waals surface area contributed by atoms with E-state index in [1.54, 1.807) is 0 Å². The van der Waals surface area contributed by atoms with Gasteiger partial charge in [0.25, 0.3) is 0 Å². The topological polar surface area (TPSA) is 26.0 Å². The summed E-state index contributed by atoms with van der Waals surface area (Å²) in [6, 6.07) is 4.10. The minimum absolute atomic E-state index is 0.187. The van der Waals surface area contributed by atoms with E-state index < -0.39 is 0 Å². The molecule has 64 valence electrons. The Hall–Kier alpha value is -0.0500. The van der Waals surface area contributed by atoms with E-state index in [9.17, 15) is 0 Å². The summed E-state index contributed by atoms with van der Waals surface area (Å²) in [5, 5.41) is 0.787. The Labute approximate surface area is 85.0 Å². The fraction of sp³-hybridized carbons (Fsp3) is 0.333. The van der Waals surface area contributed by atoms with Crippen LogP contribution in [0.25, 0.3) is 0 Å². The lowest BCUT2D eigenvalue weighted by Crippen LogP contribution is -2.05.